The van der Waals surface area contributed by atoms with Crippen LogP contribution in [-0.4, -0.2) is 28.8 Å². The second-order valence-electron chi connectivity index (χ2n) is 7.77. The van der Waals surface area contributed by atoms with Crippen molar-refractivity contribution in [2.24, 2.45) is 0 Å². The molecule has 2 aliphatic rings. The van der Waals surface area contributed by atoms with E-state index in [1.807, 2.05) is 20.8 Å². The fourth-order valence-corrected chi connectivity index (χ4v) is 4.30. The zero-order chi connectivity index (χ0) is 18.0. The zero-order valence-corrected chi connectivity index (χ0v) is 15.7. The van der Waals surface area contributed by atoms with E-state index in [1.54, 1.807) is 4.90 Å². The summed E-state index contributed by atoms with van der Waals surface area (Å²) >= 11 is 0. The van der Waals surface area contributed by atoms with Gasteiger partial charge in [0.25, 0.3) is 0 Å². The molecule has 0 aromatic heterocycles. The molecular formula is C21H30N2O2. The summed E-state index contributed by atoms with van der Waals surface area (Å²) in [6, 6.07) is 6.60. The van der Waals surface area contributed by atoms with Crippen LogP contribution in [0.15, 0.2) is 18.2 Å². The summed E-state index contributed by atoms with van der Waals surface area (Å²) < 4.78 is 0. The Labute approximate surface area is 151 Å². The van der Waals surface area contributed by atoms with Gasteiger partial charge in [-0.25, -0.2) is 0 Å². The average Bonchev–Trinajstić information content (AvgIpc) is 2.60. The van der Waals surface area contributed by atoms with E-state index in [4.69, 9.17) is 0 Å². The van der Waals surface area contributed by atoms with Gasteiger partial charge in [0.05, 0.1) is 6.04 Å². The van der Waals surface area contributed by atoms with Gasteiger partial charge in [-0.05, 0) is 82.4 Å². The normalized spacial score (nSPS) is 24.4. The third kappa shape index (κ3) is 3.88. The van der Waals surface area contributed by atoms with Gasteiger partial charge in [-0.2, -0.15) is 0 Å². The van der Waals surface area contributed by atoms with Crippen molar-refractivity contribution in [3.63, 3.8) is 0 Å². The van der Waals surface area contributed by atoms with Crippen LogP contribution >= 0.6 is 0 Å². The second kappa shape index (κ2) is 7.59. The number of hydrogen-bond acceptors (Lipinski definition) is 2. The predicted octanol–water partition coefficient (Wildman–Crippen LogP) is 3.53. The van der Waals surface area contributed by atoms with Gasteiger partial charge in [0.1, 0.15) is 0 Å². The standard InChI is InChI=1S/C21H30N2O2/c1-14-7-6-8-15(2)23(14)21(25)20(24)22-16(3)18-12-11-17-9-4-5-10-19(17)13-18/h11-16H,4-10H2,1-3H3,(H,22,24). The lowest BCUT2D eigenvalue weighted by molar-refractivity contribution is -0.150. The molecule has 0 radical (unpaired) electrons. The summed E-state index contributed by atoms with van der Waals surface area (Å²) in [6.45, 7) is 6.03. The average molecular weight is 342 g/mol. The van der Waals surface area contributed by atoms with E-state index in [-0.39, 0.29) is 24.0 Å². The van der Waals surface area contributed by atoms with Crippen LogP contribution in [0.3, 0.4) is 0 Å². The first-order chi connectivity index (χ1) is 12.0. The Morgan fingerprint density at radius 3 is 2.36 bits per heavy atom. The minimum Gasteiger partial charge on any atom is -0.341 e. The molecule has 0 spiro atoms. The number of carbonyl (C=O) groups excluding carboxylic acids is 2. The molecule has 3 atom stereocenters. The lowest BCUT2D eigenvalue weighted by Crippen LogP contribution is -2.53. The highest BCUT2D eigenvalue weighted by atomic mass is 16.2. The first kappa shape index (κ1) is 18.0. The van der Waals surface area contributed by atoms with E-state index in [9.17, 15) is 9.59 Å². The van der Waals surface area contributed by atoms with Crippen LogP contribution in [0.1, 0.15) is 75.6 Å². The Morgan fingerprint density at radius 2 is 1.68 bits per heavy atom. The maximum Gasteiger partial charge on any atom is 0.312 e. The molecule has 0 bridgehead atoms. The molecule has 0 saturated carbocycles. The number of rotatable bonds is 2. The van der Waals surface area contributed by atoms with Gasteiger partial charge in [-0.1, -0.05) is 18.2 Å². The number of hydrogen-bond donors (Lipinski definition) is 1. The van der Waals surface area contributed by atoms with Crippen molar-refractivity contribution in [1.29, 1.82) is 0 Å². The minimum absolute atomic E-state index is 0.140. The van der Waals surface area contributed by atoms with Crippen LogP contribution in [0.5, 0.6) is 0 Å². The minimum atomic E-state index is -0.481. The highest BCUT2D eigenvalue weighted by Gasteiger charge is 2.33. The Bertz CT molecular complexity index is 645. The molecule has 1 aromatic carbocycles. The molecule has 4 nitrogen and oxygen atoms in total. The summed E-state index contributed by atoms with van der Waals surface area (Å²) in [5, 5.41) is 2.91. The van der Waals surface area contributed by atoms with Gasteiger partial charge in [0, 0.05) is 12.1 Å². The van der Waals surface area contributed by atoms with Crippen LogP contribution in [0.25, 0.3) is 0 Å². The fraction of sp³-hybridized carbons (Fsp3) is 0.619. The molecule has 136 valence electrons. The van der Waals surface area contributed by atoms with Crippen molar-refractivity contribution >= 4 is 11.8 Å². The summed E-state index contributed by atoms with van der Waals surface area (Å²) in [7, 11) is 0. The van der Waals surface area contributed by atoms with Gasteiger partial charge in [-0.3, -0.25) is 9.59 Å². The first-order valence-electron chi connectivity index (χ1n) is 9.72. The highest BCUT2D eigenvalue weighted by molar-refractivity contribution is 6.35. The van der Waals surface area contributed by atoms with Crippen LogP contribution in [0, 0.1) is 0 Å². The molecule has 1 aromatic rings. The van der Waals surface area contributed by atoms with Gasteiger partial charge in [0.15, 0.2) is 0 Å². The maximum atomic E-state index is 12.6. The fourth-order valence-electron chi connectivity index (χ4n) is 4.30. The van der Waals surface area contributed by atoms with E-state index in [2.05, 4.69) is 23.5 Å². The first-order valence-corrected chi connectivity index (χ1v) is 9.72. The number of benzene rings is 1. The van der Waals surface area contributed by atoms with Crippen molar-refractivity contribution in [1.82, 2.24) is 10.2 Å². The molecule has 1 aliphatic carbocycles. The van der Waals surface area contributed by atoms with Crippen molar-refractivity contribution in [2.75, 3.05) is 0 Å². The van der Waals surface area contributed by atoms with Crippen LogP contribution in [0.4, 0.5) is 0 Å². The molecule has 1 saturated heterocycles. The summed E-state index contributed by atoms with van der Waals surface area (Å²) in [4.78, 5) is 26.9. The van der Waals surface area contributed by atoms with Crippen molar-refractivity contribution in [2.45, 2.75) is 83.8 Å². The van der Waals surface area contributed by atoms with Crippen LogP contribution in [-0.2, 0) is 22.4 Å². The van der Waals surface area contributed by atoms with Gasteiger partial charge in [-0.15, -0.1) is 0 Å². The number of likely N-dealkylation sites (tertiary alicyclic amines) is 1. The number of nitrogens with zero attached hydrogens (tertiary/aromatic N) is 1. The molecule has 3 rings (SSSR count). The molecule has 1 fully saturated rings. The molecule has 3 unspecified atom stereocenters. The molecule has 1 heterocycles. The molecule has 25 heavy (non-hydrogen) atoms. The van der Waals surface area contributed by atoms with E-state index in [0.29, 0.717) is 0 Å². The Morgan fingerprint density at radius 1 is 1.04 bits per heavy atom. The van der Waals surface area contributed by atoms with Crippen LogP contribution < -0.4 is 5.32 Å². The van der Waals surface area contributed by atoms with Gasteiger partial charge >= 0.3 is 11.8 Å². The molecule has 1 aliphatic heterocycles. The summed E-state index contributed by atoms with van der Waals surface area (Å²) in [6.07, 6.45) is 7.84. The third-order valence-corrected chi connectivity index (χ3v) is 5.84. The largest absolute Gasteiger partial charge is 0.341 e. The van der Waals surface area contributed by atoms with Gasteiger partial charge < -0.3 is 10.2 Å². The Kier molecular flexibility index (Phi) is 5.45. The summed E-state index contributed by atoms with van der Waals surface area (Å²) in [5.41, 5.74) is 3.91. The number of fused-ring (bicyclic) bond motifs is 1. The quantitative estimate of drug-likeness (QED) is 0.836. The third-order valence-electron chi connectivity index (χ3n) is 5.84. The van der Waals surface area contributed by atoms with Crippen molar-refractivity contribution in [3.8, 4) is 0 Å². The number of aryl methyl sites for hydroxylation is 2. The van der Waals surface area contributed by atoms with Crippen LogP contribution in [0.2, 0.25) is 0 Å². The van der Waals surface area contributed by atoms with E-state index in [0.717, 1.165) is 37.7 Å². The topological polar surface area (TPSA) is 49.4 Å². The highest BCUT2D eigenvalue weighted by Crippen LogP contribution is 2.25. The van der Waals surface area contributed by atoms with Crippen molar-refractivity contribution in [3.05, 3.63) is 34.9 Å². The van der Waals surface area contributed by atoms with E-state index in [1.165, 1.54) is 24.0 Å². The Balaban J connectivity index is 1.66. The number of carbonyl (C=O) groups is 2. The van der Waals surface area contributed by atoms with E-state index < -0.39 is 5.91 Å². The second-order valence-corrected chi connectivity index (χ2v) is 7.77. The SMILES string of the molecule is CC(NC(=O)C(=O)N1C(C)CCCC1C)c1ccc2c(c1)CCCC2. The molecule has 1 N–H and O–H groups in total. The summed E-state index contributed by atoms with van der Waals surface area (Å²) in [5.74, 6) is -0.865. The monoisotopic (exact) mass is 342 g/mol. The van der Waals surface area contributed by atoms with Crippen molar-refractivity contribution < 1.29 is 9.59 Å². The predicted molar refractivity (Wildman–Crippen MR) is 99.3 cm³/mol. The lowest BCUT2D eigenvalue weighted by atomic mass is 9.89. The molecule has 4 heteroatoms. The number of amides is 2. The smallest absolute Gasteiger partial charge is 0.312 e. The van der Waals surface area contributed by atoms with Gasteiger partial charge in [0.2, 0.25) is 0 Å². The Hall–Kier alpha value is -1.84. The molecule has 2 amide bonds. The zero-order valence-electron chi connectivity index (χ0n) is 15.7. The van der Waals surface area contributed by atoms with E-state index >= 15 is 0 Å². The number of nitrogens with one attached hydrogen (secondary N) is 1. The number of piperidine rings is 1. The lowest BCUT2D eigenvalue weighted by Gasteiger charge is -2.38. The molecular weight excluding hydrogens is 312 g/mol. The maximum absolute atomic E-state index is 12.6.